The molecule has 1 aromatic heterocycles. The number of hydrogen-bond donors (Lipinski definition) is 1. The second kappa shape index (κ2) is 9.21. The molecule has 0 saturated heterocycles. The first-order chi connectivity index (χ1) is 12.3. The summed E-state index contributed by atoms with van der Waals surface area (Å²) in [6.45, 7) is 7.96. The zero-order valence-electron chi connectivity index (χ0n) is 15.4. The Bertz CT molecular complexity index is 759. The van der Waals surface area contributed by atoms with E-state index in [1.54, 1.807) is 6.08 Å². The van der Waals surface area contributed by atoms with Crippen LogP contribution in [0.5, 0.6) is 0 Å². The van der Waals surface area contributed by atoms with Gasteiger partial charge in [-0.15, -0.1) is 16.8 Å². The van der Waals surface area contributed by atoms with Crippen LogP contribution < -0.4 is 5.32 Å². The Morgan fingerprint density at radius 2 is 2.00 bits per heavy atom. The minimum absolute atomic E-state index is 0.0532. The van der Waals surface area contributed by atoms with Crippen molar-refractivity contribution in [2.75, 3.05) is 20.6 Å². The number of hydrogen-bond acceptors (Lipinski definition) is 5. The van der Waals surface area contributed by atoms with Gasteiger partial charge in [-0.05, 0) is 52.2 Å². The fraction of sp³-hybridized carbons (Fsp3) is 0.389. The average Bonchev–Trinajstić information content (AvgIpc) is 3.02. The molecule has 2 atom stereocenters. The fourth-order valence-electron chi connectivity index (χ4n) is 2.22. The van der Waals surface area contributed by atoms with E-state index in [0.29, 0.717) is 16.7 Å². The van der Waals surface area contributed by atoms with Gasteiger partial charge in [0.15, 0.2) is 11.0 Å². The first kappa shape index (κ1) is 20.5. The van der Waals surface area contributed by atoms with E-state index >= 15 is 0 Å². The number of halogens is 1. The molecule has 0 saturated carbocycles. The minimum atomic E-state index is -0.312. The Kier molecular flexibility index (Phi) is 7.25. The van der Waals surface area contributed by atoms with Crippen LogP contribution in [0.2, 0.25) is 5.02 Å². The number of thioether (sulfide) groups is 1. The van der Waals surface area contributed by atoms with Crippen LogP contribution in [-0.4, -0.2) is 51.5 Å². The van der Waals surface area contributed by atoms with E-state index in [-0.39, 0.29) is 17.2 Å². The van der Waals surface area contributed by atoms with Gasteiger partial charge in [-0.1, -0.05) is 29.4 Å². The van der Waals surface area contributed by atoms with Gasteiger partial charge in [0.25, 0.3) is 0 Å². The summed E-state index contributed by atoms with van der Waals surface area (Å²) in [6.07, 6.45) is 1.66. The molecule has 2 unspecified atom stereocenters. The summed E-state index contributed by atoms with van der Waals surface area (Å²) in [4.78, 5) is 14.2. The number of benzene rings is 1. The standard InChI is InChI=1S/C18H24ClN5OS/c1-6-11-20-17(25)13(3)26-18-22-21-16(12(2)23(4)5)24(18)15-9-7-14(19)8-10-15/h6-10,12-13H,1,11H2,2-5H3,(H,20,25). The quantitative estimate of drug-likeness (QED) is 0.550. The number of carbonyl (C=O) groups excluding carboxylic acids is 1. The fourth-order valence-corrected chi connectivity index (χ4v) is 3.24. The normalized spacial score (nSPS) is 13.5. The van der Waals surface area contributed by atoms with Gasteiger partial charge in [0, 0.05) is 17.3 Å². The van der Waals surface area contributed by atoms with Crippen LogP contribution in [0.15, 0.2) is 42.1 Å². The molecule has 0 spiro atoms. The van der Waals surface area contributed by atoms with E-state index in [1.165, 1.54) is 11.8 Å². The Balaban J connectivity index is 2.38. The van der Waals surface area contributed by atoms with Crippen molar-refractivity contribution in [3.63, 3.8) is 0 Å². The molecule has 2 aromatic rings. The molecule has 0 radical (unpaired) electrons. The van der Waals surface area contributed by atoms with Crippen molar-refractivity contribution in [1.82, 2.24) is 25.0 Å². The monoisotopic (exact) mass is 393 g/mol. The van der Waals surface area contributed by atoms with Crippen molar-refractivity contribution in [2.24, 2.45) is 0 Å². The molecule has 140 valence electrons. The number of nitrogens with one attached hydrogen (secondary N) is 1. The lowest BCUT2D eigenvalue weighted by Gasteiger charge is -2.21. The predicted octanol–water partition coefficient (Wildman–Crippen LogP) is 3.33. The van der Waals surface area contributed by atoms with Crippen LogP contribution in [0.3, 0.4) is 0 Å². The van der Waals surface area contributed by atoms with Crippen LogP contribution in [0.4, 0.5) is 0 Å². The molecular formula is C18H24ClN5OS. The number of amides is 1. The summed E-state index contributed by atoms with van der Waals surface area (Å²) in [6, 6.07) is 7.55. The molecule has 8 heteroatoms. The highest BCUT2D eigenvalue weighted by atomic mass is 35.5. The Morgan fingerprint density at radius 3 is 2.58 bits per heavy atom. The molecule has 1 amide bonds. The lowest BCUT2D eigenvalue weighted by molar-refractivity contribution is -0.120. The van der Waals surface area contributed by atoms with Gasteiger partial charge in [-0.25, -0.2) is 0 Å². The molecule has 1 N–H and O–H groups in total. The highest BCUT2D eigenvalue weighted by Gasteiger charge is 2.24. The third-order valence-electron chi connectivity index (χ3n) is 3.96. The van der Waals surface area contributed by atoms with Crippen LogP contribution in [-0.2, 0) is 4.79 Å². The molecule has 0 aliphatic rings. The van der Waals surface area contributed by atoms with Crippen LogP contribution in [0.1, 0.15) is 25.7 Å². The molecule has 0 aliphatic carbocycles. The molecule has 2 rings (SSSR count). The van der Waals surface area contributed by atoms with E-state index in [2.05, 4.69) is 33.9 Å². The number of aromatic nitrogens is 3. The second-order valence-corrected chi connectivity index (χ2v) is 7.83. The van der Waals surface area contributed by atoms with Gasteiger partial charge in [-0.2, -0.15) is 0 Å². The maximum atomic E-state index is 12.2. The van der Waals surface area contributed by atoms with Crippen LogP contribution in [0.25, 0.3) is 5.69 Å². The summed E-state index contributed by atoms with van der Waals surface area (Å²) >= 11 is 7.39. The van der Waals surface area contributed by atoms with Crippen LogP contribution in [0, 0.1) is 0 Å². The Labute approximate surface area is 163 Å². The molecular weight excluding hydrogens is 370 g/mol. The topological polar surface area (TPSA) is 63.1 Å². The van der Waals surface area contributed by atoms with E-state index < -0.39 is 0 Å². The number of rotatable bonds is 8. The maximum Gasteiger partial charge on any atom is 0.233 e. The summed E-state index contributed by atoms with van der Waals surface area (Å²) in [5, 5.41) is 12.5. The zero-order valence-corrected chi connectivity index (χ0v) is 17.0. The first-order valence-corrected chi connectivity index (χ1v) is 9.53. The number of carbonyl (C=O) groups is 1. The summed E-state index contributed by atoms with van der Waals surface area (Å²) in [5.74, 6) is 0.737. The van der Waals surface area contributed by atoms with E-state index in [1.807, 2.05) is 49.9 Å². The van der Waals surface area contributed by atoms with Gasteiger partial charge in [0.2, 0.25) is 5.91 Å². The van der Waals surface area contributed by atoms with Gasteiger partial charge in [-0.3, -0.25) is 14.3 Å². The molecule has 6 nitrogen and oxygen atoms in total. The molecule has 0 fully saturated rings. The molecule has 26 heavy (non-hydrogen) atoms. The molecule has 1 aromatic carbocycles. The number of nitrogens with zero attached hydrogens (tertiary/aromatic N) is 4. The van der Waals surface area contributed by atoms with Crippen molar-refractivity contribution in [3.8, 4) is 5.69 Å². The lowest BCUT2D eigenvalue weighted by Crippen LogP contribution is -2.31. The van der Waals surface area contributed by atoms with Crippen molar-refractivity contribution in [3.05, 3.63) is 47.8 Å². The Hall–Kier alpha value is -1.83. The largest absolute Gasteiger partial charge is 0.352 e. The third-order valence-corrected chi connectivity index (χ3v) is 5.26. The van der Waals surface area contributed by atoms with E-state index in [0.717, 1.165) is 11.5 Å². The van der Waals surface area contributed by atoms with Crippen molar-refractivity contribution < 1.29 is 4.79 Å². The molecule has 0 aliphatic heterocycles. The van der Waals surface area contributed by atoms with Crippen molar-refractivity contribution in [2.45, 2.75) is 30.3 Å². The minimum Gasteiger partial charge on any atom is -0.352 e. The van der Waals surface area contributed by atoms with Gasteiger partial charge >= 0.3 is 0 Å². The zero-order chi connectivity index (χ0) is 19.3. The van der Waals surface area contributed by atoms with Crippen molar-refractivity contribution in [1.29, 1.82) is 0 Å². The first-order valence-electron chi connectivity index (χ1n) is 8.28. The van der Waals surface area contributed by atoms with E-state index in [9.17, 15) is 4.79 Å². The Morgan fingerprint density at radius 1 is 1.35 bits per heavy atom. The van der Waals surface area contributed by atoms with Gasteiger partial charge < -0.3 is 5.32 Å². The summed E-state index contributed by atoms with van der Waals surface area (Å²) < 4.78 is 1.98. The highest BCUT2D eigenvalue weighted by Crippen LogP contribution is 2.29. The van der Waals surface area contributed by atoms with E-state index in [4.69, 9.17) is 11.6 Å². The molecule has 0 bridgehead atoms. The third kappa shape index (κ3) is 4.87. The van der Waals surface area contributed by atoms with Gasteiger partial charge in [0.05, 0.1) is 11.3 Å². The maximum absolute atomic E-state index is 12.2. The summed E-state index contributed by atoms with van der Waals surface area (Å²) in [7, 11) is 3.98. The smallest absolute Gasteiger partial charge is 0.233 e. The predicted molar refractivity (Wildman–Crippen MR) is 107 cm³/mol. The lowest BCUT2D eigenvalue weighted by atomic mass is 10.2. The SMILES string of the molecule is C=CCNC(=O)C(C)Sc1nnc(C(C)N(C)C)n1-c1ccc(Cl)cc1. The average molecular weight is 394 g/mol. The highest BCUT2D eigenvalue weighted by molar-refractivity contribution is 8.00. The second-order valence-electron chi connectivity index (χ2n) is 6.09. The van der Waals surface area contributed by atoms with Crippen molar-refractivity contribution >= 4 is 29.3 Å². The molecule has 1 heterocycles. The summed E-state index contributed by atoms with van der Waals surface area (Å²) in [5.41, 5.74) is 0.907. The van der Waals surface area contributed by atoms with Gasteiger partial charge in [0.1, 0.15) is 0 Å². The van der Waals surface area contributed by atoms with Crippen LogP contribution >= 0.6 is 23.4 Å².